The largest absolute Gasteiger partial charge is 0.469 e. The summed E-state index contributed by atoms with van der Waals surface area (Å²) in [5, 5.41) is 4.26. The van der Waals surface area contributed by atoms with E-state index in [4.69, 9.17) is 0 Å². The zero-order valence-electron chi connectivity index (χ0n) is 12.1. The Balaban J connectivity index is 0.00000106. The van der Waals surface area contributed by atoms with Crippen LogP contribution < -0.4 is 4.68 Å². The van der Waals surface area contributed by atoms with Crippen LogP contribution in [0.5, 0.6) is 0 Å². The summed E-state index contributed by atoms with van der Waals surface area (Å²) in [6, 6.07) is 3.67. The summed E-state index contributed by atoms with van der Waals surface area (Å²) >= 11 is 2.94. The fourth-order valence-corrected chi connectivity index (χ4v) is 1.58. The molecule has 0 aliphatic heterocycles. The van der Waals surface area contributed by atoms with Gasteiger partial charge in [0.05, 0.1) is 13.5 Å². The Hall–Kier alpha value is -1.89. The second kappa shape index (κ2) is 9.93. The van der Waals surface area contributed by atoms with Gasteiger partial charge < -0.3 is 4.74 Å². The summed E-state index contributed by atoms with van der Waals surface area (Å²) in [4.78, 5) is 19.3. The Morgan fingerprint density at radius 2 is 2.05 bits per heavy atom. The van der Waals surface area contributed by atoms with Crippen LogP contribution in [0.4, 0.5) is 0 Å². The van der Waals surface area contributed by atoms with E-state index in [1.54, 1.807) is 29.3 Å². The van der Waals surface area contributed by atoms with Crippen molar-refractivity contribution in [2.45, 2.75) is 19.4 Å². The van der Waals surface area contributed by atoms with E-state index in [0.717, 1.165) is 5.56 Å². The molecule has 0 atom stereocenters. The molecule has 2 aromatic rings. The van der Waals surface area contributed by atoms with Gasteiger partial charge in [0, 0.05) is 30.4 Å². The summed E-state index contributed by atoms with van der Waals surface area (Å²) in [7, 11) is 1.39. The Morgan fingerprint density at radius 1 is 1.33 bits per heavy atom. The molecule has 0 N–H and O–H groups in total. The molecule has 0 aliphatic carbocycles. The van der Waals surface area contributed by atoms with Crippen LogP contribution >= 0.6 is 15.9 Å². The quantitative estimate of drug-likeness (QED) is 0.465. The standard InChI is InChI=1S/C13H15N4O2.CH3Br/c1-19-12(18)4-2-8-17-9-5-11(10-16-17)13-14-6-3-7-15-13;1-2/h3,5-7,9-10H,2,4,8H2,1H3;1H3/q+1;. The zero-order chi connectivity index (χ0) is 15.5. The van der Waals surface area contributed by atoms with Crippen LogP contribution in [0.15, 0.2) is 36.9 Å². The molecule has 7 heteroatoms. The fourth-order valence-electron chi connectivity index (χ4n) is 1.58. The third-order valence-electron chi connectivity index (χ3n) is 2.59. The molecule has 6 nitrogen and oxygen atoms in total. The van der Waals surface area contributed by atoms with E-state index in [9.17, 15) is 4.79 Å². The molecule has 0 aromatic carbocycles. The van der Waals surface area contributed by atoms with Crippen LogP contribution in [0.25, 0.3) is 11.4 Å². The van der Waals surface area contributed by atoms with Gasteiger partial charge in [0.1, 0.15) is 6.20 Å². The molecule has 0 spiro atoms. The maximum absolute atomic E-state index is 11.0. The Labute approximate surface area is 132 Å². The molecular formula is C14H18BrN4O2+. The predicted molar refractivity (Wildman–Crippen MR) is 81.6 cm³/mol. The molecule has 0 radical (unpaired) electrons. The molecule has 0 bridgehead atoms. The maximum Gasteiger partial charge on any atom is 0.305 e. The molecule has 2 heterocycles. The monoisotopic (exact) mass is 353 g/mol. The van der Waals surface area contributed by atoms with Gasteiger partial charge in [-0.05, 0) is 17.0 Å². The van der Waals surface area contributed by atoms with Gasteiger partial charge in [-0.1, -0.05) is 20.6 Å². The average Bonchev–Trinajstić information content (AvgIpc) is 2.58. The van der Waals surface area contributed by atoms with Crippen molar-refractivity contribution in [1.82, 2.24) is 15.1 Å². The van der Waals surface area contributed by atoms with E-state index in [0.29, 0.717) is 25.2 Å². The van der Waals surface area contributed by atoms with Gasteiger partial charge in [0.2, 0.25) is 0 Å². The first-order valence-corrected chi connectivity index (χ1v) is 7.96. The van der Waals surface area contributed by atoms with E-state index in [1.807, 2.05) is 18.1 Å². The number of halogens is 1. The highest BCUT2D eigenvalue weighted by atomic mass is 79.9. The lowest BCUT2D eigenvalue weighted by Crippen LogP contribution is -2.37. The first-order valence-electron chi connectivity index (χ1n) is 6.37. The third-order valence-corrected chi connectivity index (χ3v) is 2.59. The molecule has 0 unspecified atom stereocenters. The van der Waals surface area contributed by atoms with Gasteiger partial charge in [-0.2, -0.15) is 0 Å². The van der Waals surface area contributed by atoms with Crippen molar-refractivity contribution in [3.63, 3.8) is 0 Å². The van der Waals surface area contributed by atoms with Crippen molar-refractivity contribution < 1.29 is 14.2 Å². The molecule has 112 valence electrons. The van der Waals surface area contributed by atoms with Crippen molar-refractivity contribution in [3.8, 4) is 11.4 Å². The van der Waals surface area contributed by atoms with Gasteiger partial charge in [0.25, 0.3) is 0 Å². The van der Waals surface area contributed by atoms with Gasteiger partial charge in [-0.15, -0.1) is 0 Å². The maximum atomic E-state index is 11.0. The molecule has 2 rings (SSSR count). The topological polar surface area (TPSA) is 68.8 Å². The van der Waals surface area contributed by atoms with E-state index < -0.39 is 0 Å². The first kappa shape index (κ1) is 17.2. The summed E-state index contributed by atoms with van der Waals surface area (Å²) in [5.41, 5.74) is 0.866. The fraction of sp³-hybridized carbons (Fsp3) is 0.357. The van der Waals surface area contributed by atoms with Crippen LogP contribution in [0.2, 0.25) is 0 Å². The number of alkyl halides is 1. The normalized spacial score (nSPS) is 9.48. The highest BCUT2D eigenvalue weighted by molar-refractivity contribution is 9.08. The van der Waals surface area contributed by atoms with E-state index in [2.05, 4.69) is 35.7 Å². The number of ether oxygens (including phenoxy) is 1. The lowest BCUT2D eigenvalue weighted by molar-refractivity contribution is -0.754. The summed E-state index contributed by atoms with van der Waals surface area (Å²) in [5.74, 6) is 2.26. The van der Waals surface area contributed by atoms with Gasteiger partial charge in [-0.25, -0.2) is 9.97 Å². The number of aryl methyl sites for hydroxylation is 1. The molecule has 0 fully saturated rings. The van der Waals surface area contributed by atoms with E-state index >= 15 is 0 Å². The highest BCUT2D eigenvalue weighted by Crippen LogP contribution is 2.09. The number of aromatic nitrogens is 4. The molecular weight excluding hydrogens is 336 g/mol. The molecule has 21 heavy (non-hydrogen) atoms. The van der Waals surface area contributed by atoms with Crippen LogP contribution in [0, 0.1) is 0 Å². The predicted octanol–water partition coefficient (Wildman–Crippen LogP) is 1.79. The molecule has 0 aliphatic rings. The zero-order valence-corrected chi connectivity index (χ0v) is 13.7. The number of hydrogen-bond donors (Lipinski definition) is 0. The van der Waals surface area contributed by atoms with Crippen molar-refractivity contribution in [3.05, 3.63) is 36.9 Å². The molecule has 0 saturated carbocycles. The van der Waals surface area contributed by atoms with Crippen molar-refractivity contribution in [2.75, 3.05) is 12.9 Å². The third kappa shape index (κ3) is 5.95. The Kier molecular flexibility index (Phi) is 8.11. The highest BCUT2D eigenvalue weighted by Gasteiger charge is 2.07. The number of methoxy groups -OCH3 is 1. The lowest BCUT2D eigenvalue weighted by Gasteiger charge is -1.98. The Morgan fingerprint density at radius 3 is 2.62 bits per heavy atom. The second-order valence-corrected chi connectivity index (χ2v) is 3.93. The molecule has 0 saturated heterocycles. The number of carbonyl (C=O) groups is 1. The number of hydrogen-bond acceptors (Lipinski definition) is 5. The van der Waals surface area contributed by atoms with Gasteiger partial charge in [-0.3, -0.25) is 4.79 Å². The van der Waals surface area contributed by atoms with Crippen LogP contribution in [0.3, 0.4) is 0 Å². The number of nitrogens with zero attached hydrogens (tertiary/aromatic N) is 4. The van der Waals surface area contributed by atoms with Gasteiger partial charge >= 0.3 is 5.97 Å². The summed E-state index contributed by atoms with van der Waals surface area (Å²) in [6.07, 6.45) is 8.05. The van der Waals surface area contributed by atoms with Crippen LogP contribution in [0.1, 0.15) is 12.8 Å². The smallest absolute Gasteiger partial charge is 0.305 e. The minimum absolute atomic E-state index is 0.199. The Bertz CT molecular complexity index is 534. The first-order chi connectivity index (χ1) is 10.3. The van der Waals surface area contributed by atoms with Crippen molar-refractivity contribution >= 4 is 21.9 Å². The van der Waals surface area contributed by atoms with Gasteiger partial charge in [0.15, 0.2) is 18.6 Å². The summed E-state index contributed by atoms with van der Waals surface area (Å²) in [6.45, 7) is 0.672. The molecule has 0 amide bonds. The minimum Gasteiger partial charge on any atom is -0.469 e. The summed E-state index contributed by atoms with van der Waals surface area (Å²) < 4.78 is 6.35. The van der Waals surface area contributed by atoms with Crippen LogP contribution in [-0.4, -0.2) is 34.0 Å². The minimum atomic E-state index is -0.199. The SMILES string of the molecule is CBr.COC(=O)CCC[n+]1ccc(-c2ncccn2)cn1. The second-order valence-electron chi connectivity index (χ2n) is 3.93. The number of esters is 1. The van der Waals surface area contributed by atoms with Crippen molar-refractivity contribution in [2.24, 2.45) is 0 Å². The molecule has 2 aromatic heterocycles. The number of carbonyl (C=O) groups excluding carboxylic acids is 1. The van der Waals surface area contributed by atoms with Crippen LogP contribution in [-0.2, 0) is 16.1 Å². The van der Waals surface area contributed by atoms with Crippen molar-refractivity contribution in [1.29, 1.82) is 0 Å². The average molecular weight is 354 g/mol. The number of rotatable bonds is 5. The van der Waals surface area contributed by atoms with E-state index in [-0.39, 0.29) is 5.97 Å². The van der Waals surface area contributed by atoms with E-state index in [1.165, 1.54) is 7.11 Å². The lowest BCUT2D eigenvalue weighted by atomic mass is 10.3.